The maximum atomic E-state index is 14.0. The molecule has 0 unspecified atom stereocenters. The third kappa shape index (κ3) is 3.71. The number of aromatic nitrogens is 2. The Morgan fingerprint density at radius 2 is 1.69 bits per heavy atom. The lowest BCUT2D eigenvalue weighted by Gasteiger charge is -2.36. The van der Waals surface area contributed by atoms with E-state index in [-0.39, 0.29) is 29.6 Å². The van der Waals surface area contributed by atoms with Crippen LogP contribution in [0.1, 0.15) is 10.5 Å². The molecule has 0 spiro atoms. The lowest BCUT2D eigenvalue weighted by atomic mass is 10.1. The zero-order chi connectivity index (χ0) is 20.4. The normalized spacial score (nSPS) is 14.9. The molecule has 1 aromatic heterocycles. The molecule has 2 heterocycles. The van der Waals surface area contributed by atoms with Gasteiger partial charge in [-0.1, -0.05) is 30.3 Å². The summed E-state index contributed by atoms with van der Waals surface area (Å²) in [5.74, 6) is -0.567. The number of benzene rings is 2. The van der Waals surface area contributed by atoms with Crippen LogP contribution in [0.2, 0.25) is 0 Å². The van der Waals surface area contributed by atoms with Crippen LogP contribution in [0.4, 0.5) is 10.1 Å². The van der Waals surface area contributed by atoms with Gasteiger partial charge in [0.05, 0.1) is 17.7 Å². The molecule has 1 saturated heterocycles. The molecule has 1 fully saturated rings. The highest BCUT2D eigenvalue weighted by atomic mass is 19.1. The second-order valence-corrected chi connectivity index (χ2v) is 6.98. The molecule has 29 heavy (non-hydrogen) atoms. The van der Waals surface area contributed by atoms with Gasteiger partial charge in [-0.2, -0.15) is 5.10 Å². The van der Waals surface area contributed by atoms with Crippen molar-refractivity contribution in [3.63, 3.8) is 0 Å². The molecule has 1 N–H and O–H groups in total. The molecule has 1 amide bonds. The summed E-state index contributed by atoms with van der Waals surface area (Å²) in [5.41, 5.74) is 0.590. The van der Waals surface area contributed by atoms with Gasteiger partial charge in [-0.15, -0.1) is 0 Å². The fourth-order valence-electron chi connectivity index (χ4n) is 3.64. The Labute approximate surface area is 167 Å². The van der Waals surface area contributed by atoms with Crippen LogP contribution >= 0.6 is 0 Å². The predicted molar refractivity (Wildman–Crippen MR) is 110 cm³/mol. The van der Waals surface area contributed by atoms with Gasteiger partial charge < -0.3 is 10.2 Å². The van der Waals surface area contributed by atoms with Crippen molar-refractivity contribution in [3.8, 4) is 0 Å². The van der Waals surface area contributed by atoms with Gasteiger partial charge in [0.25, 0.3) is 11.5 Å². The molecule has 4 rings (SSSR count). The van der Waals surface area contributed by atoms with E-state index in [9.17, 15) is 14.0 Å². The molecule has 3 aromatic rings. The number of carbonyl (C=O) groups excluding carboxylic acids is 1. The number of rotatable bonds is 4. The second-order valence-electron chi connectivity index (χ2n) is 6.98. The maximum absolute atomic E-state index is 14.0. The van der Waals surface area contributed by atoms with Crippen LogP contribution in [-0.4, -0.2) is 53.8 Å². The maximum Gasteiger partial charge on any atom is 0.275 e. The van der Waals surface area contributed by atoms with Gasteiger partial charge >= 0.3 is 0 Å². The van der Waals surface area contributed by atoms with Crippen molar-refractivity contribution in [1.29, 1.82) is 0 Å². The smallest absolute Gasteiger partial charge is 0.275 e. The number of para-hydroxylation sites is 1. The minimum Gasteiger partial charge on any atom is -0.367 e. The Balaban J connectivity index is 1.56. The van der Waals surface area contributed by atoms with E-state index in [0.29, 0.717) is 42.6 Å². The van der Waals surface area contributed by atoms with Crippen LogP contribution < -0.4 is 15.8 Å². The van der Waals surface area contributed by atoms with Crippen molar-refractivity contribution in [2.75, 3.05) is 38.1 Å². The average Bonchev–Trinajstić information content (AvgIpc) is 2.76. The fourth-order valence-corrected chi connectivity index (χ4v) is 3.64. The molecule has 0 radical (unpaired) electrons. The molecule has 0 saturated carbocycles. The van der Waals surface area contributed by atoms with Crippen molar-refractivity contribution in [2.24, 2.45) is 0 Å². The standard InChI is InChI=1S/C21H22FN5O2/c1-23-20(28)19-15-6-2-3-7-16(15)21(29)27(24-19)14-25-10-12-26(13-11-25)18-9-5-4-8-17(18)22/h2-9H,10-14H2,1H3,(H,23,28). The Kier molecular flexibility index (Phi) is 5.26. The summed E-state index contributed by atoms with van der Waals surface area (Å²) in [7, 11) is 1.54. The molecule has 0 aliphatic carbocycles. The SMILES string of the molecule is CNC(=O)c1nn(CN2CCN(c3ccccc3F)CC2)c(=O)c2ccccc12. The molecule has 1 aliphatic rings. The van der Waals surface area contributed by atoms with Crippen LogP contribution in [0.5, 0.6) is 0 Å². The number of anilines is 1. The van der Waals surface area contributed by atoms with Crippen molar-refractivity contribution in [1.82, 2.24) is 20.0 Å². The first-order valence-corrected chi connectivity index (χ1v) is 9.52. The van der Waals surface area contributed by atoms with E-state index in [2.05, 4.69) is 15.3 Å². The van der Waals surface area contributed by atoms with E-state index in [0.717, 1.165) is 0 Å². The van der Waals surface area contributed by atoms with Crippen molar-refractivity contribution >= 4 is 22.4 Å². The van der Waals surface area contributed by atoms with E-state index in [1.165, 1.54) is 17.8 Å². The first kappa shape index (κ1) is 19.1. The van der Waals surface area contributed by atoms with Crippen LogP contribution in [0, 0.1) is 5.82 Å². The molecule has 7 nitrogen and oxygen atoms in total. The van der Waals surface area contributed by atoms with E-state index >= 15 is 0 Å². The largest absolute Gasteiger partial charge is 0.367 e. The topological polar surface area (TPSA) is 70.5 Å². The highest BCUT2D eigenvalue weighted by Crippen LogP contribution is 2.20. The van der Waals surface area contributed by atoms with E-state index < -0.39 is 0 Å². The highest BCUT2D eigenvalue weighted by Gasteiger charge is 2.21. The van der Waals surface area contributed by atoms with Gasteiger partial charge in [-0.25, -0.2) is 9.07 Å². The Bertz CT molecular complexity index is 1110. The minimum atomic E-state index is -0.334. The molecular weight excluding hydrogens is 373 g/mol. The van der Waals surface area contributed by atoms with Gasteiger partial charge in [0.15, 0.2) is 5.69 Å². The number of nitrogens with zero attached hydrogens (tertiary/aromatic N) is 4. The molecule has 0 bridgehead atoms. The summed E-state index contributed by atoms with van der Waals surface area (Å²) in [4.78, 5) is 29.2. The minimum absolute atomic E-state index is 0.229. The van der Waals surface area contributed by atoms with Crippen molar-refractivity contribution < 1.29 is 9.18 Å². The second kappa shape index (κ2) is 8.00. The Hall–Kier alpha value is -3.26. The Morgan fingerprint density at radius 3 is 2.38 bits per heavy atom. The van der Waals surface area contributed by atoms with Gasteiger partial charge in [0.1, 0.15) is 5.82 Å². The summed E-state index contributed by atoms with van der Waals surface area (Å²) in [6, 6.07) is 13.7. The van der Waals surface area contributed by atoms with Gasteiger partial charge in [0.2, 0.25) is 0 Å². The zero-order valence-electron chi connectivity index (χ0n) is 16.1. The van der Waals surface area contributed by atoms with E-state index in [1.54, 1.807) is 36.4 Å². The molecule has 0 atom stereocenters. The average molecular weight is 395 g/mol. The third-order valence-electron chi connectivity index (χ3n) is 5.21. The van der Waals surface area contributed by atoms with Crippen LogP contribution in [0.15, 0.2) is 53.3 Å². The number of amides is 1. The van der Waals surface area contributed by atoms with Gasteiger partial charge in [-0.3, -0.25) is 14.5 Å². The predicted octanol–water partition coefficient (Wildman–Crippen LogP) is 1.67. The number of nitrogens with one attached hydrogen (secondary N) is 1. The summed E-state index contributed by atoms with van der Waals surface area (Å²) < 4.78 is 15.4. The van der Waals surface area contributed by atoms with E-state index in [1.807, 2.05) is 11.0 Å². The fraction of sp³-hybridized carbons (Fsp3) is 0.286. The Morgan fingerprint density at radius 1 is 1.03 bits per heavy atom. The lowest BCUT2D eigenvalue weighted by Crippen LogP contribution is -2.48. The first-order chi connectivity index (χ1) is 14.1. The number of hydrogen-bond donors (Lipinski definition) is 1. The van der Waals surface area contributed by atoms with Crippen molar-refractivity contribution in [3.05, 3.63) is 70.4 Å². The molecule has 150 valence electrons. The first-order valence-electron chi connectivity index (χ1n) is 9.52. The quantitative estimate of drug-likeness (QED) is 0.728. The van der Waals surface area contributed by atoms with E-state index in [4.69, 9.17) is 0 Å². The molecule has 1 aliphatic heterocycles. The number of hydrogen-bond acceptors (Lipinski definition) is 5. The summed E-state index contributed by atoms with van der Waals surface area (Å²) in [6.07, 6.45) is 0. The van der Waals surface area contributed by atoms with Gasteiger partial charge in [-0.05, 0) is 18.2 Å². The van der Waals surface area contributed by atoms with Crippen molar-refractivity contribution in [2.45, 2.75) is 6.67 Å². The van der Waals surface area contributed by atoms with Gasteiger partial charge in [0, 0.05) is 38.6 Å². The number of piperazine rings is 1. The molecular formula is C21H22FN5O2. The molecule has 2 aromatic carbocycles. The molecule has 8 heteroatoms. The third-order valence-corrected chi connectivity index (χ3v) is 5.21. The van der Waals surface area contributed by atoms with Crippen LogP contribution in [0.25, 0.3) is 10.8 Å². The van der Waals surface area contributed by atoms with Crippen LogP contribution in [0.3, 0.4) is 0 Å². The summed E-state index contributed by atoms with van der Waals surface area (Å²) in [5, 5.41) is 7.92. The summed E-state index contributed by atoms with van der Waals surface area (Å²) >= 11 is 0. The van der Waals surface area contributed by atoms with Crippen LogP contribution in [-0.2, 0) is 6.67 Å². The highest BCUT2D eigenvalue weighted by molar-refractivity contribution is 6.04. The lowest BCUT2D eigenvalue weighted by molar-refractivity contribution is 0.0955. The summed E-state index contributed by atoms with van der Waals surface area (Å²) in [6.45, 7) is 2.88. The number of halogens is 1. The zero-order valence-corrected chi connectivity index (χ0v) is 16.1. The number of carbonyl (C=O) groups is 1. The monoisotopic (exact) mass is 395 g/mol. The number of fused-ring (bicyclic) bond motifs is 1.